The van der Waals surface area contributed by atoms with E-state index in [9.17, 15) is 0 Å². The molecule has 0 saturated heterocycles. The van der Waals surface area contributed by atoms with Gasteiger partial charge in [0.1, 0.15) is 0 Å². The number of halogens is 1. The minimum Gasteiger partial charge on any atom is -0.323 e. The van der Waals surface area contributed by atoms with Crippen LogP contribution in [0, 0.1) is 11.3 Å². The number of hydrogen-bond acceptors (Lipinski definition) is 2. The molecule has 0 saturated carbocycles. The van der Waals surface area contributed by atoms with Crippen LogP contribution in [0.4, 0.5) is 0 Å². The van der Waals surface area contributed by atoms with Gasteiger partial charge in [0, 0.05) is 12.1 Å². The Bertz CT molecular complexity index is 390. The van der Waals surface area contributed by atoms with Crippen LogP contribution in [0.2, 0.25) is 0 Å². The van der Waals surface area contributed by atoms with E-state index < -0.39 is 0 Å². The van der Waals surface area contributed by atoms with E-state index >= 15 is 0 Å². The van der Waals surface area contributed by atoms with E-state index in [1.807, 2.05) is 10.9 Å². The number of rotatable bonds is 4. The smallest absolute Gasteiger partial charge is 0.0696 e. The van der Waals surface area contributed by atoms with Crippen molar-refractivity contribution in [2.75, 3.05) is 0 Å². The lowest BCUT2D eigenvalue weighted by atomic mass is 9.78. The van der Waals surface area contributed by atoms with Gasteiger partial charge in [0.2, 0.25) is 0 Å². The first-order valence-electron chi connectivity index (χ1n) is 6.63. The zero-order valence-corrected chi connectivity index (χ0v) is 14.0. The molecule has 104 valence electrons. The lowest BCUT2D eigenvalue weighted by Gasteiger charge is -2.30. The van der Waals surface area contributed by atoms with Gasteiger partial charge in [-0.2, -0.15) is 5.10 Å². The first-order chi connectivity index (χ1) is 8.14. The lowest BCUT2D eigenvalue weighted by Crippen LogP contribution is -2.25. The van der Waals surface area contributed by atoms with Crippen LogP contribution in [0.1, 0.15) is 65.7 Å². The molecule has 1 aromatic heterocycles. The zero-order valence-electron chi connectivity index (χ0n) is 12.4. The molecule has 4 heteroatoms. The number of aromatic nitrogens is 2. The summed E-state index contributed by atoms with van der Waals surface area (Å²) in [6.07, 6.45) is 2.82. The molecular weight excluding hydrogens is 290 g/mol. The van der Waals surface area contributed by atoms with E-state index in [-0.39, 0.29) is 11.5 Å². The van der Waals surface area contributed by atoms with Gasteiger partial charge >= 0.3 is 0 Å². The second-order valence-electron chi connectivity index (χ2n) is 6.53. The third-order valence-electron chi connectivity index (χ3n) is 3.71. The SMILES string of the molecule is CC(C)n1ncc(Br)c1C(N)CC(C)C(C)(C)C. The van der Waals surface area contributed by atoms with Gasteiger partial charge in [0.15, 0.2) is 0 Å². The fourth-order valence-corrected chi connectivity index (χ4v) is 2.52. The molecule has 2 atom stereocenters. The van der Waals surface area contributed by atoms with E-state index in [2.05, 4.69) is 62.6 Å². The van der Waals surface area contributed by atoms with Crippen LogP contribution in [0.25, 0.3) is 0 Å². The van der Waals surface area contributed by atoms with Crippen LogP contribution in [0.5, 0.6) is 0 Å². The summed E-state index contributed by atoms with van der Waals surface area (Å²) in [4.78, 5) is 0. The number of nitrogens with two attached hydrogens (primary N) is 1. The highest BCUT2D eigenvalue weighted by molar-refractivity contribution is 9.10. The minimum atomic E-state index is 0.0264. The topological polar surface area (TPSA) is 43.8 Å². The molecule has 0 amide bonds. The Morgan fingerprint density at radius 2 is 1.89 bits per heavy atom. The fourth-order valence-electron chi connectivity index (χ4n) is 1.96. The van der Waals surface area contributed by atoms with Crippen molar-refractivity contribution in [3.63, 3.8) is 0 Å². The Morgan fingerprint density at radius 3 is 2.33 bits per heavy atom. The summed E-state index contributed by atoms with van der Waals surface area (Å²) in [6.45, 7) is 13.3. The molecule has 3 nitrogen and oxygen atoms in total. The van der Waals surface area contributed by atoms with Crippen LogP contribution in [-0.2, 0) is 0 Å². The van der Waals surface area contributed by atoms with Gasteiger partial charge in [-0.3, -0.25) is 4.68 Å². The van der Waals surface area contributed by atoms with Crippen molar-refractivity contribution in [2.24, 2.45) is 17.1 Å². The highest BCUT2D eigenvalue weighted by Crippen LogP contribution is 2.34. The zero-order chi connectivity index (χ0) is 14.1. The summed E-state index contributed by atoms with van der Waals surface area (Å²) < 4.78 is 3.04. The Kier molecular flexibility index (Phi) is 5.01. The van der Waals surface area contributed by atoms with Gasteiger partial charge in [-0.25, -0.2) is 0 Å². The molecular formula is C14H26BrN3. The second kappa shape index (κ2) is 5.74. The van der Waals surface area contributed by atoms with Gasteiger partial charge in [-0.15, -0.1) is 0 Å². The molecule has 0 fully saturated rings. The molecule has 1 rings (SSSR count). The van der Waals surface area contributed by atoms with Crippen molar-refractivity contribution in [2.45, 2.75) is 60.0 Å². The van der Waals surface area contributed by atoms with E-state index in [1.165, 1.54) is 0 Å². The van der Waals surface area contributed by atoms with Gasteiger partial charge in [-0.1, -0.05) is 27.7 Å². The first-order valence-corrected chi connectivity index (χ1v) is 7.42. The van der Waals surface area contributed by atoms with Gasteiger partial charge in [-0.05, 0) is 47.5 Å². The summed E-state index contributed by atoms with van der Waals surface area (Å²) in [6, 6.07) is 0.362. The maximum Gasteiger partial charge on any atom is 0.0696 e. The van der Waals surface area contributed by atoms with E-state index in [0.29, 0.717) is 12.0 Å². The van der Waals surface area contributed by atoms with Gasteiger partial charge in [0.25, 0.3) is 0 Å². The normalized spacial score (nSPS) is 16.1. The average molecular weight is 316 g/mol. The Morgan fingerprint density at radius 1 is 1.33 bits per heavy atom. The van der Waals surface area contributed by atoms with Crippen molar-refractivity contribution in [3.8, 4) is 0 Å². The predicted molar refractivity (Wildman–Crippen MR) is 80.5 cm³/mol. The maximum atomic E-state index is 6.39. The standard InChI is InChI=1S/C14H26BrN3/c1-9(2)18-13(11(15)8-17-18)12(16)7-10(3)14(4,5)6/h8-10,12H,7,16H2,1-6H3. The van der Waals surface area contributed by atoms with Crippen molar-refractivity contribution in [3.05, 3.63) is 16.4 Å². The first kappa shape index (κ1) is 15.7. The van der Waals surface area contributed by atoms with E-state index in [1.54, 1.807) is 0 Å². The summed E-state index contributed by atoms with van der Waals surface area (Å²) in [5, 5.41) is 4.40. The molecule has 0 bridgehead atoms. The maximum absolute atomic E-state index is 6.39. The highest BCUT2D eigenvalue weighted by atomic mass is 79.9. The Hall–Kier alpha value is -0.350. The van der Waals surface area contributed by atoms with Gasteiger partial charge in [0.05, 0.1) is 16.4 Å². The van der Waals surface area contributed by atoms with Gasteiger partial charge < -0.3 is 5.73 Å². The molecule has 0 aliphatic rings. The quantitative estimate of drug-likeness (QED) is 0.900. The largest absolute Gasteiger partial charge is 0.323 e. The van der Waals surface area contributed by atoms with Crippen molar-refractivity contribution in [1.82, 2.24) is 9.78 Å². The molecule has 18 heavy (non-hydrogen) atoms. The predicted octanol–water partition coefficient (Wildman–Crippen LogP) is 4.30. The molecule has 0 radical (unpaired) electrons. The molecule has 2 unspecified atom stereocenters. The van der Waals surface area contributed by atoms with Crippen LogP contribution < -0.4 is 5.73 Å². The monoisotopic (exact) mass is 315 g/mol. The summed E-state index contributed by atoms with van der Waals surface area (Å²) in [5.74, 6) is 0.565. The molecule has 0 spiro atoms. The summed E-state index contributed by atoms with van der Waals surface area (Å²) >= 11 is 3.56. The second-order valence-corrected chi connectivity index (χ2v) is 7.38. The molecule has 0 aliphatic heterocycles. The van der Waals surface area contributed by atoms with Crippen LogP contribution in [-0.4, -0.2) is 9.78 Å². The molecule has 2 N–H and O–H groups in total. The van der Waals surface area contributed by atoms with Crippen LogP contribution >= 0.6 is 15.9 Å². The minimum absolute atomic E-state index is 0.0264. The van der Waals surface area contributed by atoms with Crippen molar-refractivity contribution in [1.29, 1.82) is 0 Å². The Labute approximate surface area is 119 Å². The Balaban J connectivity index is 2.91. The molecule has 0 aliphatic carbocycles. The summed E-state index contributed by atoms with van der Waals surface area (Å²) in [7, 11) is 0. The van der Waals surface area contributed by atoms with Crippen molar-refractivity contribution >= 4 is 15.9 Å². The van der Waals surface area contributed by atoms with Crippen molar-refractivity contribution < 1.29 is 0 Å². The molecule has 1 heterocycles. The third kappa shape index (κ3) is 3.58. The van der Waals surface area contributed by atoms with E-state index in [4.69, 9.17) is 5.73 Å². The van der Waals surface area contributed by atoms with E-state index in [0.717, 1.165) is 16.6 Å². The number of hydrogen-bond donors (Lipinski definition) is 1. The van der Waals surface area contributed by atoms with Crippen LogP contribution in [0.15, 0.2) is 10.7 Å². The van der Waals surface area contributed by atoms with Crippen LogP contribution in [0.3, 0.4) is 0 Å². The number of nitrogens with zero attached hydrogens (tertiary/aromatic N) is 2. The fraction of sp³-hybridized carbons (Fsp3) is 0.786. The third-order valence-corrected chi connectivity index (χ3v) is 4.32. The lowest BCUT2D eigenvalue weighted by molar-refractivity contribution is 0.230. The average Bonchev–Trinajstić information content (AvgIpc) is 2.58. The summed E-state index contributed by atoms with van der Waals surface area (Å²) in [5.41, 5.74) is 7.78. The molecule has 0 aromatic carbocycles. The molecule has 1 aromatic rings. The highest BCUT2D eigenvalue weighted by Gasteiger charge is 2.26.